The molecule has 0 bridgehead atoms. The van der Waals surface area contributed by atoms with Crippen LogP contribution in [0.5, 0.6) is 0 Å². The van der Waals surface area contributed by atoms with Gasteiger partial charge in [-0.15, -0.1) is 0 Å². The van der Waals surface area contributed by atoms with Gasteiger partial charge in [-0.2, -0.15) is 0 Å². The maximum absolute atomic E-state index is 11.5. The first-order chi connectivity index (χ1) is 13.6. The molecular formula is C25H50O3. The van der Waals surface area contributed by atoms with Crippen LogP contribution in [0.3, 0.4) is 0 Å². The molecule has 0 aromatic heterocycles. The lowest BCUT2D eigenvalue weighted by molar-refractivity contribution is -0.146. The lowest BCUT2D eigenvalue weighted by atomic mass is 9.91. The second kappa shape index (κ2) is 21.1. The average molecular weight is 399 g/mol. The fourth-order valence-corrected chi connectivity index (χ4v) is 4.02. The van der Waals surface area contributed by atoms with Crippen LogP contribution < -0.4 is 0 Å². The number of hydrogen-bond acceptors (Lipinski definition) is 2. The summed E-state index contributed by atoms with van der Waals surface area (Å²) in [6, 6.07) is 0. The highest BCUT2D eigenvalue weighted by Crippen LogP contribution is 2.20. The summed E-state index contributed by atoms with van der Waals surface area (Å²) < 4.78 is 0. The molecule has 2 atom stereocenters. The molecule has 0 heterocycles. The molecule has 3 nitrogen and oxygen atoms in total. The van der Waals surface area contributed by atoms with Gasteiger partial charge in [0.25, 0.3) is 0 Å². The second-order valence-corrected chi connectivity index (χ2v) is 8.75. The molecule has 2 N–H and O–H groups in total. The van der Waals surface area contributed by atoms with E-state index in [1.54, 1.807) is 0 Å². The summed E-state index contributed by atoms with van der Waals surface area (Å²) in [6.07, 6.45) is 23.0. The number of rotatable bonds is 22. The van der Waals surface area contributed by atoms with Crippen LogP contribution in [-0.2, 0) is 4.79 Å². The van der Waals surface area contributed by atoms with Crippen molar-refractivity contribution in [3.05, 3.63) is 0 Å². The maximum Gasteiger partial charge on any atom is 0.309 e. The molecule has 0 aliphatic rings. The van der Waals surface area contributed by atoms with Gasteiger partial charge in [-0.05, 0) is 12.8 Å². The van der Waals surface area contributed by atoms with Crippen molar-refractivity contribution in [2.75, 3.05) is 0 Å². The minimum absolute atomic E-state index is 0.571. The van der Waals surface area contributed by atoms with Gasteiger partial charge in [0.05, 0.1) is 12.0 Å². The predicted octanol–water partition coefficient (Wildman–Crippen LogP) is 7.89. The van der Waals surface area contributed by atoms with E-state index in [0.29, 0.717) is 12.8 Å². The fraction of sp³-hybridized carbons (Fsp3) is 0.960. The molecule has 0 aromatic rings. The molecule has 28 heavy (non-hydrogen) atoms. The van der Waals surface area contributed by atoms with Crippen molar-refractivity contribution in [2.24, 2.45) is 5.92 Å². The van der Waals surface area contributed by atoms with E-state index < -0.39 is 18.0 Å². The Balaban J connectivity index is 3.66. The third kappa shape index (κ3) is 17.5. The first-order valence-corrected chi connectivity index (χ1v) is 12.5. The predicted molar refractivity (Wildman–Crippen MR) is 121 cm³/mol. The van der Waals surface area contributed by atoms with Gasteiger partial charge in [0.2, 0.25) is 0 Å². The summed E-state index contributed by atoms with van der Waals surface area (Å²) in [4.78, 5) is 11.5. The zero-order valence-corrected chi connectivity index (χ0v) is 19.1. The fourth-order valence-electron chi connectivity index (χ4n) is 4.02. The van der Waals surface area contributed by atoms with Crippen molar-refractivity contribution >= 4 is 5.97 Å². The normalized spacial score (nSPS) is 13.5. The van der Waals surface area contributed by atoms with Crippen LogP contribution in [0.25, 0.3) is 0 Å². The van der Waals surface area contributed by atoms with Crippen molar-refractivity contribution in [2.45, 2.75) is 148 Å². The molecule has 0 saturated heterocycles. The summed E-state index contributed by atoms with van der Waals surface area (Å²) in [5.41, 5.74) is 0. The maximum atomic E-state index is 11.5. The van der Waals surface area contributed by atoms with Gasteiger partial charge in [-0.25, -0.2) is 0 Å². The summed E-state index contributed by atoms with van der Waals surface area (Å²) in [5.74, 6) is -1.39. The first-order valence-electron chi connectivity index (χ1n) is 12.5. The Morgan fingerprint density at radius 1 is 0.571 bits per heavy atom. The molecule has 0 aromatic carbocycles. The molecule has 0 aliphatic heterocycles. The van der Waals surface area contributed by atoms with Gasteiger partial charge in [0.1, 0.15) is 0 Å². The number of unbranched alkanes of at least 4 members (excludes halogenated alkanes) is 16. The monoisotopic (exact) mass is 398 g/mol. The van der Waals surface area contributed by atoms with E-state index in [9.17, 15) is 15.0 Å². The van der Waals surface area contributed by atoms with Crippen molar-refractivity contribution < 1.29 is 15.0 Å². The molecule has 0 fully saturated rings. The molecule has 3 heteroatoms. The SMILES string of the molecule is CCCCCCCCCCC[C@H](O)[C@@H](CCCCCCCCCCC)C(=O)O. The van der Waals surface area contributed by atoms with Crippen molar-refractivity contribution in [1.82, 2.24) is 0 Å². The Hall–Kier alpha value is -0.570. The van der Waals surface area contributed by atoms with Crippen LogP contribution in [0.2, 0.25) is 0 Å². The molecular weight excluding hydrogens is 348 g/mol. The number of aliphatic carboxylic acids is 1. The number of carboxylic acids is 1. The molecule has 0 rings (SSSR count). The van der Waals surface area contributed by atoms with Crippen molar-refractivity contribution in [1.29, 1.82) is 0 Å². The Bertz CT molecular complexity index is 330. The van der Waals surface area contributed by atoms with Gasteiger partial charge in [-0.1, -0.05) is 129 Å². The van der Waals surface area contributed by atoms with Crippen molar-refractivity contribution in [3.63, 3.8) is 0 Å². The van der Waals surface area contributed by atoms with E-state index in [1.807, 2.05) is 0 Å². The van der Waals surface area contributed by atoms with Crippen LogP contribution in [0.4, 0.5) is 0 Å². The molecule has 0 saturated carbocycles. The number of aliphatic hydroxyl groups is 1. The van der Waals surface area contributed by atoms with Crippen LogP contribution in [0.15, 0.2) is 0 Å². The highest BCUT2D eigenvalue weighted by Gasteiger charge is 2.25. The molecule has 0 radical (unpaired) electrons. The minimum atomic E-state index is -0.817. The van der Waals surface area contributed by atoms with Crippen LogP contribution in [0.1, 0.15) is 142 Å². The Morgan fingerprint density at radius 2 is 0.893 bits per heavy atom. The van der Waals surface area contributed by atoms with Gasteiger partial charge in [0.15, 0.2) is 0 Å². The first kappa shape index (κ1) is 27.4. The van der Waals surface area contributed by atoms with Gasteiger partial charge in [0, 0.05) is 0 Å². The third-order valence-corrected chi connectivity index (χ3v) is 6.00. The van der Waals surface area contributed by atoms with Gasteiger partial charge in [-0.3, -0.25) is 4.79 Å². The molecule has 0 amide bonds. The summed E-state index contributed by atoms with van der Waals surface area (Å²) in [6.45, 7) is 4.48. The van der Waals surface area contributed by atoms with Crippen LogP contribution >= 0.6 is 0 Å². The Morgan fingerprint density at radius 3 is 1.25 bits per heavy atom. The lowest BCUT2D eigenvalue weighted by Gasteiger charge is -2.19. The number of carboxylic acid groups (broad SMARTS) is 1. The van der Waals surface area contributed by atoms with E-state index in [2.05, 4.69) is 13.8 Å². The third-order valence-electron chi connectivity index (χ3n) is 6.00. The highest BCUT2D eigenvalue weighted by atomic mass is 16.4. The largest absolute Gasteiger partial charge is 0.481 e. The zero-order valence-electron chi connectivity index (χ0n) is 19.1. The quantitative estimate of drug-likeness (QED) is 0.182. The van der Waals surface area contributed by atoms with Crippen LogP contribution in [-0.4, -0.2) is 22.3 Å². The van der Waals surface area contributed by atoms with E-state index in [1.165, 1.54) is 89.9 Å². The molecule has 0 aliphatic carbocycles. The van der Waals surface area contributed by atoms with E-state index in [-0.39, 0.29) is 0 Å². The van der Waals surface area contributed by atoms with E-state index in [4.69, 9.17) is 0 Å². The average Bonchev–Trinajstić information content (AvgIpc) is 2.67. The molecule has 168 valence electrons. The number of carbonyl (C=O) groups is 1. The number of hydrogen-bond donors (Lipinski definition) is 2. The van der Waals surface area contributed by atoms with Gasteiger partial charge < -0.3 is 10.2 Å². The van der Waals surface area contributed by atoms with E-state index in [0.717, 1.165) is 25.7 Å². The lowest BCUT2D eigenvalue weighted by Crippen LogP contribution is -2.28. The summed E-state index contributed by atoms with van der Waals surface area (Å²) in [7, 11) is 0. The smallest absolute Gasteiger partial charge is 0.309 e. The topological polar surface area (TPSA) is 57.5 Å². The highest BCUT2D eigenvalue weighted by molar-refractivity contribution is 5.70. The standard InChI is InChI=1S/C25H50O3/c1-3-5-7-9-11-13-15-17-19-21-23(25(27)28)24(26)22-20-18-16-14-12-10-8-6-4-2/h23-24,26H,3-22H2,1-2H3,(H,27,28)/t23-,24+/m1/s1. The Labute approximate surface area is 175 Å². The summed E-state index contributed by atoms with van der Waals surface area (Å²) in [5, 5.41) is 19.8. The second-order valence-electron chi connectivity index (χ2n) is 8.75. The number of aliphatic hydroxyl groups excluding tert-OH is 1. The molecule has 0 spiro atoms. The Kier molecular flexibility index (Phi) is 20.7. The van der Waals surface area contributed by atoms with E-state index >= 15 is 0 Å². The minimum Gasteiger partial charge on any atom is -0.481 e. The van der Waals surface area contributed by atoms with Gasteiger partial charge >= 0.3 is 5.97 Å². The zero-order chi connectivity index (χ0) is 20.9. The molecule has 0 unspecified atom stereocenters. The van der Waals surface area contributed by atoms with Crippen LogP contribution in [0, 0.1) is 5.92 Å². The van der Waals surface area contributed by atoms with Crippen molar-refractivity contribution in [3.8, 4) is 0 Å². The summed E-state index contributed by atoms with van der Waals surface area (Å²) >= 11 is 0.